The summed E-state index contributed by atoms with van der Waals surface area (Å²) in [7, 11) is 0. The molecule has 0 aliphatic heterocycles. The highest BCUT2D eigenvalue weighted by Gasteiger charge is 2.11. The quantitative estimate of drug-likeness (QED) is 0.495. The predicted octanol–water partition coefficient (Wildman–Crippen LogP) is 0.848. The van der Waals surface area contributed by atoms with Gasteiger partial charge in [-0.25, -0.2) is 5.43 Å². The van der Waals surface area contributed by atoms with Gasteiger partial charge in [0.1, 0.15) is 0 Å². The molecule has 106 valence electrons. The Bertz CT molecular complexity index is 627. The van der Waals surface area contributed by atoms with E-state index in [2.05, 4.69) is 20.8 Å². The SMILES string of the molecule is O=C(NCc1cccnc1)C(=O)NN=Cc1ccccc1. The van der Waals surface area contributed by atoms with Crippen molar-refractivity contribution in [2.75, 3.05) is 0 Å². The van der Waals surface area contributed by atoms with Crippen molar-refractivity contribution in [3.8, 4) is 0 Å². The maximum absolute atomic E-state index is 11.5. The van der Waals surface area contributed by atoms with E-state index in [1.165, 1.54) is 6.21 Å². The van der Waals surface area contributed by atoms with Crippen LogP contribution in [0.2, 0.25) is 0 Å². The summed E-state index contributed by atoms with van der Waals surface area (Å²) in [4.78, 5) is 27.0. The monoisotopic (exact) mass is 282 g/mol. The summed E-state index contributed by atoms with van der Waals surface area (Å²) >= 11 is 0. The molecule has 0 aliphatic rings. The van der Waals surface area contributed by atoms with Crippen molar-refractivity contribution in [2.24, 2.45) is 5.10 Å². The molecule has 1 heterocycles. The number of aromatic nitrogens is 1. The van der Waals surface area contributed by atoms with Gasteiger partial charge < -0.3 is 5.32 Å². The van der Waals surface area contributed by atoms with E-state index in [1.807, 2.05) is 30.3 Å². The van der Waals surface area contributed by atoms with Gasteiger partial charge in [0.25, 0.3) is 0 Å². The average molecular weight is 282 g/mol. The maximum atomic E-state index is 11.5. The fourth-order valence-electron chi connectivity index (χ4n) is 1.52. The second-order valence-electron chi connectivity index (χ2n) is 4.15. The first-order valence-electron chi connectivity index (χ1n) is 6.31. The smallest absolute Gasteiger partial charge is 0.329 e. The Morgan fingerprint density at radius 1 is 1.10 bits per heavy atom. The molecule has 21 heavy (non-hydrogen) atoms. The molecule has 1 aromatic heterocycles. The van der Waals surface area contributed by atoms with Crippen molar-refractivity contribution in [1.29, 1.82) is 0 Å². The van der Waals surface area contributed by atoms with Crippen LogP contribution in [0.1, 0.15) is 11.1 Å². The van der Waals surface area contributed by atoms with Crippen molar-refractivity contribution >= 4 is 18.0 Å². The molecule has 0 fully saturated rings. The van der Waals surface area contributed by atoms with E-state index in [-0.39, 0.29) is 6.54 Å². The number of amides is 2. The number of nitrogens with one attached hydrogen (secondary N) is 2. The van der Waals surface area contributed by atoms with Gasteiger partial charge in [-0.2, -0.15) is 5.10 Å². The van der Waals surface area contributed by atoms with Crippen LogP contribution in [-0.4, -0.2) is 23.0 Å². The minimum atomic E-state index is -0.814. The van der Waals surface area contributed by atoms with Gasteiger partial charge in [0.2, 0.25) is 0 Å². The summed E-state index contributed by atoms with van der Waals surface area (Å²) in [6.07, 6.45) is 4.72. The minimum Gasteiger partial charge on any atom is -0.344 e. The van der Waals surface area contributed by atoms with Crippen LogP contribution >= 0.6 is 0 Å². The van der Waals surface area contributed by atoms with Gasteiger partial charge in [0.05, 0.1) is 6.21 Å². The first-order chi connectivity index (χ1) is 10.3. The molecule has 1 aromatic carbocycles. The first kappa shape index (κ1) is 14.4. The highest BCUT2D eigenvalue weighted by Crippen LogP contribution is 1.94. The molecule has 2 N–H and O–H groups in total. The highest BCUT2D eigenvalue weighted by molar-refractivity contribution is 6.35. The third-order valence-corrected chi connectivity index (χ3v) is 2.56. The number of carbonyl (C=O) groups is 2. The second-order valence-corrected chi connectivity index (χ2v) is 4.15. The molecular weight excluding hydrogens is 268 g/mol. The molecule has 0 atom stereocenters. The van der Waals surface area contributed by atoms with Crippen molar-refractivity contribution in [1.82, 2.24) is 15.7 Å². The fourth-order valence-corrected chi connectivity index (χ4v) is 1.52. The largest absolute Gasteiger partial charge is 0.344 e. The van der Waals surface area contributed by atoms with Gasteiger partial charge >= 0.3 is 11.8 Å². The van der Waals surface area contributed by atoms with Gasteiger partial charge in [-0.15, -0.1) is 0 Å². The average Bonchev–Trinajstić information content (AvgIpc) is 2.54. The molecule has 6 heteroatoms. The summed E-state index contributed by atoms with van der Waals surface area (Å²) in [5.41, 5.74) is 3.81. The fraction of sp³-hybridized carbons (Fsp3) is 0.0667. The molecule has 2 rings (SSSR count). The number of carbonyl (C=O) groups excluding carboxylic acids is 2. The number of rotatable bonds is 4. The van der Waals surface area contributed by atoms with E-state index >= 15 is 0 Å². The lowest BCUT2D eigenvalue weighted by Crippen LogP contribution is -2.37. The molecule has 0 aliphatic carbocycles. The third-order valence-electron chi connectivity index (χ3n) is 2.56. The number of hydrogen-bond donors (Lipinski definition) is 2. The Morgan fingerprint density at radius 3 is 2.62 bits per heavy atom. The highest BCUT2D eigenvalue weighted by atomic mass is 16.2. The van der Waals surface area contributed by atoms with Crippen molar-refractivity contribution in [3.05, 3.63) is 66.0 Å². The Balaban J connectivity index is 1.78. The van der Waals surface area contributed by atoms with Crippen LogP contribution in [0.25, 0.3) is 0 Å². The molecular formula is C15H14N4O2. The van der Waals surface area contributed by atoms with E-state index in [0.717, 1.165) is 11.1 Å². The Morgan fingerprint density at radius 2 is 1.90 bits per heavy atom. The summed E-state index contributed by atoms with van der Waals surface area (Å²) in [6, 6.07) is 12.8. The van der Waals surface area contributed by atoms with Gasteiger partial charge in [0, 0.05) is 18.9 Å². The number of pyridine rings is 1. The number of hydrazone groups is 1. The molecule has 6 nitrogen and oxygen atoms in total. The Kier molecular flexibility index (Phi) is 5.17. The lowest BCUT2D eigenvalue weighted by atomic mass is 10.2. The third kappa shape index (κ3) is 4.87. The van der Waals surface area contributed by atoms with Gasteiger partial charge in [-0.05, 0) is 17.2 Å². The molecule has 0 bridgehead atoms. The van der Waals surface area contributed by atoms with Crippen LogP contribution in [0, 0.1) is 0 Å². The Labute approximate surface area is 121 Å². The topological polar surface area (TPSA) is 83.5 Å². The lowest BCUT2D eigenvalue weighted by Gasteiger charge is -2.03. The molecule has 0 spiro atoms. The number of nitrogens with zero attached hydrogens (tertiary/aromatic N) is 2. The zero-order valence-corrected chi connectivity index (χ0v) is 11.2. The van der Waals surface area contributed by atoms with Crippen LogP contribution in [-0.2, 0) is 16.1 Å². The van der Waals surface area contributed by atoms with Crippen molar-refractivity contribution in [2.45, 2.75) is 6.54 Å². The van der Waals surface area contributed by atoms with Gasteiger partial charge in [-0.3, -0.25) is 14.6 Å². The zero-order chi connectivity index (χ0) is 14.9. The molecule has 0 saturated carbocycles. The van der Waals surface area contributed by atoms with E-state index < -0.39 is 11.8 Å². The molecule has 2 amide bonds. The van der Waals surface area contributed by atoms with Crippen LogP contribution in [0.4, 0.5) is 0 Å². The van der Waals surface area contributed by atoms with Gasteiger partial charge in [0.15, 0.2) is 0 Å². The van der Waals surface area contributed by atoms with Gasteiger partial charge in [-0.1, -0.05) is 36.4 Å². The second kappa shape index (κ2) is 7.54. The van der Waals surface area contributed by atoms with E-state index in [1.54, 1.807) is 24.5 Å². The molecule has 0 saturated heterocycles. The van der Waals surface area contributed by atoms with Crippen LogP contribution in [0.15, 0.2) is 60.0 Å². The maximum Gasteiger partial charge on any atom is 0.329 e. The summed E-state index contributed by atoms with van der Waals surface area (Å²) in [5, 5.41) is 6.20. The van der Waals surface area contributed by atoms with Crippen LogP contribution in [0.3, 0.4) is 0 Å². The van der Waals surface area contributed by atoms with E-state index in [0.29, 0.717) is 0 Å². The Hall–Kier alpha value is -3.02. The van der Waals surface area contributed by atoms with E-state index in [9.17, 15) is 9.59 Å². The summed E-state index contributed by atoms with van der Waals surface area (Å²) < 4.78 is 0. The molecule has 0 unspecified atom stereocenters. The zero-order valence-electron chi connectivity index (χ0n) is 11.2. The molecule has 2 aromatic rings. The first-order valence-corrected chi connectivity index (χ1v) is 6.31. The standard InChI is InChI=1S/C15H14N4O2/c20-14(17-10-13-7-4-8-16-9-13)15(21)19-18-11-12-5-2-1-3-6-12/h1-9,11H,10H2,(H,17,20)(H,19,21). The minimum absolute atomic E-state index is 0.239. The van der Waals surface area contributed by atoms with Crippen LogP contribution < -0.4 is 10.7 Å². The van der Waals surface area contributed by atoms with Crippen molar-refractivity contribution in [3.63, 3.8) is 0 Å². The van der Waals surface area contributed by atoms with E-state index in [4.69, 9.17) is 0 Å². The summed E-state index contributed by atoms with van der Waals surface area (Å²) in [6.45, 7) is 0.239. The van der Waals surface area contributed by atoms with Crippen molar-refractivity contribution < 1.29 is 9.59 Å². The predicted molar refractivity (Wildman–Crippen MR) is 78.3 cm³/mol. The number of hydrogen-bond acceptors (Lipinski definition) is 4. The lowest BCUT2D eigenvalue weighted by molar-refractivity contribution is -0.139. The number of benzene rings is 1. The normalized spacial score (nSPS) is 10.3. The van der Waals surface area contributed by atoms with Crippen LogP contribution in [0.5, 0.6) is 0 Å². The molecule has 0 radical (unpaired) electrons. The summed E-state index contributed by atoms with van der Waals surface area (Å²) in [5.74, 6) is -1.56.